The number of thiol groups is 1. The summed E-state index contributed by atoms with van der Waals surface area (Å²) in [5, 5.41) is 0. The highest BCUT2D eigenvalue weighted by Gasteiger charge is 2.25. The summed E-state index contributed by atoms with van der Waals surface area (Å²) in [6.07, 6.45) is 5.36. The van der Waals surface area contributed by atoms with E-state index in [1.165, 1.54) is 6.20 Å². The Morgan fingerprint density at radius 1 is 1.47 bits per heavy atom. The predicted molar refractivity (Wildman–Crippen MR) is 65.4 cm³/mol. The second-order valence-corrected chi connectivity index (χ2v) is 4.21. The van der Waals surface area contributed by atoms with Crippen molar-refractivity contribution >= 4 is 12.6 Å². The topological polar surface area (TPSA) is 34.9 Å². The monoisotopic (exact) mass is 226 g/mol. The van der Waals surface area contributed by atoms with Crippen molar-refractivity contribution in [1.29, 1.82) is 0 Å². The van der Waals surface area contributed by atoms with Crippen LogP contribution in [-0.2, 0) is 6.54 Å². The van der Waals surface area contributed by atoms with Crippen LogP contribution in [0.2, 0.25) is 0 Å². The summed E-state index contributed by atoms with van der Waals surface area (Å²) in [4.78, 5) is 15.2. The molecule has 0 radical (unpaired) electrons. The van der Waals surface area contributed by atoms with E-state index in [0.29, 0.717) is 6.54 Å². The molecule has 0 atom stereocenters. The molecular formula is C11H18N2OS. The predicted octanol–water partition coefficient (Wildman–Crippen LogP) is 1.98. The molecule has 0 aliphatic carbocycles. The molecule has 3 nitrogen and oxygen atoms in total. The van der Waals surface area contributed by atoms with E-state index < -0.39 is 0 Å². The van der Waals surface area contributed by atoms with Crippen LogP contribution >= 0.6 is 12.6 Å². The Morgan fingerprint density at radius 2 is 2.13 bits per heavy atom. The molecule has 1 heterocycles. The molecule has 0 bridgehead atoms. The zero-order valence-electron chi connectivity index (χ0n) is 9.31. The van der Waals surface area contributed by atoms with Gasteiger partial charge in [0.05, 0.1) is 0 Å². The van der Waals surface area contributed by atoms with E-state index in [4.69, 9.17) is 0 Å². The first-order valence-electron chi connectivity index (χ1n) is 5.30. The van der Waals surface area contributed by atoms with Crippen LogP contribution < -0.4 is 5.69 Å². The molecule has 1 aromatic heterocycles. The van der Waals surface area contributed by atoms with Crippen LogP contribution in [0.15, 0.2) is 23.3 Å². The van der Waals surface area contributed by atoms with E-state index >= 15 is 0 Å². The molecule has 0 saturated carbocycles. The fourth-order valence-corrected chi connectivity index (χ4v) is 2.16. The van der Waals surface area contributed by atoms with E-state index in [-0.39, 0.29) is 11.1 Å². The van der Waals surface area contributed by atoms with Crippen LogP contribution in [0, 0.1) is 5.41 Å². The Labute approximate surface area is 96.0 Å². The maximum absolute atomic E-state index is 11.5. The van der Waals surface area contributed by atoms with Gasteiger partial charge >= 0.3 is 5.69 Å². The van der Waals surface area contributed by atoms with Gasteiger partial charge in [-0.2, -0.15) is 12.6 Å². The SMILES string of the molecule is CCC(CC)(CS)Cn1cccnc1=O. The van der Waals surface area contributed by atoms with Crippen LogP contribution in [0.5, 0.6) is 0 Å². The van der Waals surface area contributed by atoms with Crippen molar-refractivity contribution in [2.75, 3.05) is 5.75 Å². The second kappa shape index (κ2) is 5.35. The molecule has 1 aromatic rings. The van der Waals surface area contributed by atoms with Gasteiger partial charge in [-0.3, -0.25) is 4.57 Å². The molecule has 0 N–H and O–H groups in total. The van der Waals surface area contributed by atoms with Gasteiger partial charge in [0, 0.05) is 18.9 Å². The smallest absolute Gasteiger partial charge is 0.299 e. The standard InChI is InChI=1S/C11H18N2OS/c1-3-11(4-2,9-15)8-13-7-5-6-12-10(13)14/h5-7,15H,3-4,8-9H2,1-2H3. The highest BCUT2D eigenvalue weighted by Crippen LogP contribution is 2.29. The average Bonchev–Trinajstić information content (AvgIpc) is 2.29. The summed E-state index contributed by atoms with van der Waals surface area (Å²) in [5.41, 5.74) is -0.0683. The van der Waals surface area contributed by atoms with Crippen LogP contribution in [0.1, 0.15) is 26.7 Å². The summed E-state index contributed by atoms with van der Waals surface area (Å²) in [5.74, 6) is 0.793. The van der Waals surface area contributed by atoms with Gasteiger partial charge in [-0.1, -0.05) is 13.8 Å². The molecule has 84 valence electrons. The molecule has 0 aliphatic rings. The minimum absolute atomic E-state index is 0.107. The summed E-state index contributed by atoms with van der Waals surface area (Å²) in [6.45, 7) is 4.98. The maximum atomic E-state index is 11.5. The van der Waals surface area contributed by atoms with Crippen molar-refractivity contribution in [1.82, 2.24) is 9.55 Å². The lowest BCUT2D eigenvalue weighted by Crippen LogP contribution is -2.33. The van der Waals surface area contributed by atoms with Gasteiger partial charge in [-0.15, -0.1) is 0 Å². The molecule has 4 heteroatoms. The van der Waals surface area contributed by atoms with Crippen molar-refractivity contribution in [3.63, 3.8) is 0 Å². The molecule has 0 amide bonds. The molecule has 0 saturated heterocycles. The normalized spacial score (nSPS) is 11.7. The molecule has 0 unspecified atom stereocenters. The fourth-order valence-electron chi connectivity index (χ4n) is 1.62. The summed E-state index contributed by atoms with van der Waals surface area (Å²) >= 11 is 4.39. The summed E-state index contributed by atoms with van der Waals surface area (Å²) < 4.78 is 1.67. The number of nitrogens with zero attached hydrogens (tertiary/aromatic N) is 2. The van der Waals surface area contributed by atoms with Crippen molar-refractivity contribution in [2.45, 2.75) is 33.2 Å². The third-order valence-electron chi connectivity index (χ3n) is 3.12. The number of hydrogen-bond acceptors (Lipinski definition) is 3. The Kier molecular flexibility index (Phi) is 4.39. The van der Waals surface area contributed by atoms with Crippen molar-refractivity contribution in [3.8, 4) is 0 Å². The zero-order chi connectivity index (χ0) is 11.3. The van der Waals surface area contributed by atoms with Crippen LogP contribution in [0.25, 0.3) is 0 Å². The van der Waals surface area contributed by atoms with Crippen LogP contribution in [0.3, 0.4) is 0 Å². The van der Waals surface area contributed by atoms with E-state index in [0.717, 1.165) is 18.6 Å². The zero-order valence-corrected chi connectivity index (χ0v) is 10.2. The second-order valence-electron chi connectivity index (χ2n) is 3.90. The maximum Gasteiger partial charge on any atom is 0.347 e. The van der Waals surface area contributed by atoms with Crippen LogP contribution in [0.4, 0.5) is 0 Å². The summed E-state index contributed by atoms with van der Waals surface area (Å²) in [6, 6.07) is 1.79. The largest absolute Gasteiger partial charge is 0.347 e. The molecule has 0 aliphatic heterocycles. The van der Waals surface area contributed by atoms with E-state index in [2.05, 4.69) is 31.5 Å². The molecule has 0 spiro atoms. The van der Waals surface area contributed by atoms with Crippen molar-refractivity contribution in [3.05, 3.63) is 28.9 Å². The van der Waals surface area contributed by atoms with Gasteiger partial charge in [0.2, 0.25) is 0 Å². The Hall–Kier alpha value is -0.770. The lowest BCUT2D eigenvalue weighted by molar-refractivity contribution is 0.253. The highest BCUT2D eigenvalue weighted by atomic mass is 32.1. The van der Waals surface area contributed by atoms with Gasteiger partial charge in [0.15, 0.2) is 0 Å². The fraction of sp³-hybridized carbons (Fsp3) is 0.636. The first-order chi connectivity index (χ1) is 7.17. The third-order valence-corrected chi connectivity index (χ3v) is 3.79. The van der Waals surface area contributed by atoms with Crippen LogP contribution in [-0.4, -0.2) is 15.3 Å². The minimum atomic E-state index is -0.175. The number of rotatable bonds is 5. The quantitative estimate of drug-likeness (QED) is 0.779. The first kappa shape index (κ1) is 12.3. The Morgan fingerprint density at radius 3 is 2.60 bits per heavy atom. The van der Waals surface area contributed by atoms with Gasteiger partial charge < -0.3 is 0 Å². The molecule has 1 rings (SSSR count). The number of hydrogen-bond donors (Lipinski definition) is 1. The lowest BCUT2D eigenvalue weighted by atomic mass is 9.84. The third kappa shape index (κ3) is 2.84. The lowest BCUT2D eigenvalue weighted by Gasteiger charge is -2.30. The molecule has 0 aromatic carbocycles. The van der Waals surface area contributed by atoms with Gasteiger partial charge in [-0.25, -0.2) is 9.78 Å². The highest BCUT2D eigenvalue weighted by molar-refractivity contribution is 7.80. The van der Waals surface area contributed by atoms with E-state index in [9.17, 15) is 4.79 Å². The first-order valence-corrected chi connectivity index (χ1v) is 5.93. The Bertz CT molecular complexity index is 349. The van der Waals surface area contributed by atoms with E-state index in [1.807, 2.05) is 0 Å². The molecule has 0 fully saturated rings. The average molecular weight is 226 g/mol. The Balaban J connectivity index is 2.93. The molecule has 15 heavy (non-hydrogen) atoms. The van der Waals surface area contributed by atoms with Crippen molar-refractivity contribution < 1.29 is 0 Å². The minimum Gasteiger partial charge on any atom is -0.299 e. The molecular weight excluding hydrogens is 208 g/mol. The summed E-state index contributed by atoms with van der Waals surface area (Å²) in [7, 11) is 0. The van der Waals surface area contributed by atoms with Gasteiger partial charge in [-0.05, 0) is 30.1 Å². The van der Waals surface area contributed by atoms with Crippen molar-refractivity contribution in [2.24, 2.45) is 5.41 Å². The van der Waals surface area contributed by atoms with Gasteiger partial charge in [0.1, 0.15) is 0 Å². The van der Waals surface area contributed by atoms with Gasteiger partial charge in [0.25, 0.3) is 0 Å². The number of aromatic nitrogens is 2. The van der Waals surface area contributed by atoms with E-state index in [1.54, 1.807) is 16.8 Å².